The van der Waals surface area contributed by atoms with Crippen LogP contribution in [0.2, 0.25) is 0 Å². The molecule has 1 aromatic carbocycles. The number of aliphatic hydroxyl groups excluding tert-OH is 1. The Hall–Kier alpha value is -0.680. The molecule has 0 aromatic heterocycles. The highest BCUT2D eigenvalue weighted by molar-refractivity contribution is 14.1. The number of ketones is 1. The summed E-state index contributed by atoms with van der Waals surface area (Å²) < 4.78 is 1.66. The van der Waals surface area contributed by atoms with Crippen LogP contribution in [0.1, 0.15) is 18.9 Å². The molecule has 0 amide bonds. The number of carbonyl (C=O) groups excluding carboxylic acids is 1. The Kier molecular flexibility index (Phi) is 5.69. The number of carbonyl (C=O) groups is 1. The van der Waals surface area contributed by atoms with Gasteiger partial charge >= 0.3 is 0 Å². The van der Waals surface area contributed by atoms with Gasteiger partial charge in [0.2, 0.25) is 0 Å². The normalized spacial score (nSPS) is 13.6. The Labute approximate surface area is 110 Å². The van der Waals surface area contributed by atoms with Gasteiger partial charge in [0.25, 0.3) is 0 Å². The molecule has 0 saturated carbocycles. The lowest BCUT2D eigenvalue weighted by Crippen LogP contribution is -2.16. The molecule has 0 aliphatic carbocycles. The van der Waals surface area contributed by atoms with Crippen molar-refractivity contribution >= 4 is 28.4 Å². The van der Waals surface area contributed by atoms with Gasteiger partial charge in [-0.25, -0.2) is 0 Å². The Balaban J connectivity index is 2.53. The minimum absolute atomic E-state index is 0.0602. The van der Waals surface area contributed by atoms with Gasteiger partial charge in [0.15, 0.2) is 5.78 Å². The maximum absolute atomic E-state index is 11.2. The summed E-state index contributed by atoms with van der Waals surface area (Å²) in [4.78, 5) is 11.2. The summed E-state index contributed by atoms with van der Waals surface area (Å²) in [6.45, 7) is 1.48. The molecule has 3 heteroatoms. The Morgan fingerprint density at radius 2 is 2.06 bits per heavy atom. The molecule has 1 unspecified atom stereocenters. The average Bonchev–Trinajstić information content (AvgIpc) is 2.28. The van der Waals surface area contributed by atoms with Crippen LogP contribution in [-0.4, -0.2) is 17.0 Å². The number of benzene rings is 1. The van der Waals surface area contributed by atoms with E-state index in [-0.39, 0.29) is 5.78 Å². The molecular weight excluding hydrogens is 315 g/mol. The zero-order valence-corrected chi connectivity index (χ0v) is 11.3. The third kappa shape index (κ3) is 4.06. The van der Waals surface area contributed by atoms with E-state index in [0.717, 1.165) is 6.42 Å². The first-order chi connectivity index (χ1) is 7.65. The van der Waals surface area contributed by atoms with E-state index in [4.69, 9.17) is 0 Å². The number of rotatable bonds is 5. The van der Waals surface area contributed by atoms with Crippen molar-refractivity contribution < 1.29 is 9.90 Å². The van der Waals surface area contributed by atoms with Crippen molar-refractivity contribution in [1.82, 2.24) is 0 Å². The fourth-order valence-electron chi connectivity index (χ4n) is 1.49. The number of hydrogen-bond acceptors (Lipinski definition) is 2. The van der Waals surface area contributed by atoms with Crippen LogP contribution in [0.3, 0.4) is 0 Å². The Morgan fingerprint density at radius 1 is 1.44 bits per heavy atom. The summed E-state index contributed by atoms with van der Waals surface area (Å²) in [6.07, 6.45) is 0.705. The zero-order chi connectivity index (χ0) is 12.0. The van der Waals surface area contributed by atoms with Crippen LogP contribution in [-0.2, 0) is 11.2 Å². The quantitative estimate of drug-likeness (QED) is 0.666. The fourth-order valence-corrected chi connectivity index (χ4v) is 2.34. The highest BCUT2D eigenvalue weighted by Gasteiger charge is 2.14. The van der Waals surface area contributed by atoms with E-state index in [0.29, 0.717) is 12.0 Å². The highest BCUT2D eigenvalue weighted by Crippen LogP contribution is 2.13. The van der Waals surface area contributed by atoms with Gasteiger partial charge in [-0.05, 0) is 29.4 Å². The molecule has 2 nitrogen and oxygen atoms in total. The summed E-state index contributed by atoms with van der Waals surface area (Å²) in [5, 5.41) is 9.85. The summed E-state index contributed by atoms with van der Waals surface area (Å²) in [6, 6.07) is 9.96. The van der Waals surface area contributed by atoms with Crippen LogP contribution in [0.4, 0.5) is 0 Å². The molecule has 0 fully saturated rings. The highest BCUT2D eigenvalue weighted by atomic mass is 127. The molecule has 0 spiro atoms. The molecule has 0 bridgehead atoms. The Bertz CT molecular complexity index is 371. The van der Waals surface area contributed by atoms with Gasteiger partial charge in [0.05, 0.1) is 6.10 Å². The van der Waals surface area contributed by atoms with Crippen LogP contribution in [0.25, 0.3) is 0 Å². The standard InChI is InChI=1S/C13H15IO2/c1-10(15)12(9-14)13(16)8-7-11-5-3-2-4-6-11/h2-6,9,13,16H,7-8H2,1H3/b12-9+. The molecule has 0 heterocycles. The number of hydrogen-bond donors (Lipinski definition) is 1. The number of halogens is 1. The van der Waals surface area contributed by atoms with Crippen molar-refractivity contribution in [3.63, 3.8) is 0 Å². The monoisotopic (exact) mass is 330 g/mol. The average molecular weight is 330 g/mol. The maximum Gasteiger partial charge on any atom is 0.158 e. The van der Waals surface area contributed by atoms with Crippen molar-refractivity contribution in [3.8, 4) is 0 Å². The molecule has 1 rings (SSSR count). The second kappa shape index (κ2) is 6.81. The molecule has 1 atom stereocenters. The summed E-state index contributed by atoms with van der Waals surface area (Å²) in [5.41, 5.74) is 1.68. The van der Waals surface area contributed by atoms with E-state index in [1.54, 1.807) is 4.08 Å². The predicted octanol–water partition coefficient (Wildman–Crippen LogP) is 2.89. The van der Waals surface area contributed by atoms with Crippen molar-refractivity contribution in [2.45, 2.75) is 25.9 Å². The predicted molar refractivity (Wildman–Crippen MR) is 73.6 cm³/mol. The van der Waals surface area contributed by atoms with Crippen molar-refractivity contribution in [2.24, 2.45) is 0 Å². The SMILES string of the molecule is CC(=O)/C(=C\I)C(O)CCc1ccccc1. The zero-order valence-electron chi connectivity index (χ0n) is 9.19. The maximum atomic E-state index is 11.2. The molecule has 0 aliphatic rings. The first kappa shape index (κ1) is 13.4. The second-order valence-corrected chi connectivity index (χ2v) is 4.28. The van der Waals surface area contributed by atoms with Gasteiger partial charge < -0.3 is 5.11 Å². The van der Waals surface area contributed by atoms with Crippen molar-refractivity contribution in [1.29, 1.82) is 0 Å². The van der Waals surface area contributed by atoms with Crippen LogP contribution in [0.5, 0.6) is 0 Å². The van der Waals surface area contributed by atoms with E-state index < -0.39 is 6.10 Å². The molecule has 0 aliphatic heterocycles. The third-order valence-electron chi connectivity index (χ3n) is 2.43. The first-order valence-corrected chi connectivity index (χ1v) is 6.43. The van der Waals surface area contributed by atoms with Crippen LogP contribution < -0.4 is 0 Å². The first-order valence-electron chi connectivity index (χ1n) is 5.18. The molecule has 16 heavy (non-hydrogen) atoms. The Morgan fingerprint density at radius 3 is 2.56 bits per heavy atom. The molecule has 86 valence electrons. The largest absolute Gasteiger partial charge is 0.388 e. The fraction of sp³-hybridized carbons (Fsp3) is 0.308. The van der Waals surface area contributed by atoms with Crippen molar-refractivity contribution in [2.75, 3.05) is 0 Å². The smallest absolute Gasteiger partial charge is 0.158 e. The second-order valence-electron chi connectivity index (χ2n) is 3.66. The molecule has 1 N–H and O–H groups in total. The van der Waals surface area contributed by atoms with Crippen LogP contribution in [0.15, 0.2) is 40.0 Å². The van der Waals surface area contributed by atoms with Gasteiger partial charge in [0, 0.05) is 5.57 Å². The van der Waals surface area contributed by atoms with Gasteiger partial charge in [-0.3, -0.25) is 4.79 Å². The van der Waals surface area contributed by atoms with E-state index in [2.05, 4.69) is 0 Å². The third-order valence-corrected chi connectivity index (χ3v) is 3.10. The number of aryl methyl sites for hydroxylation is 1. The van der Waals surface area contributed by atoms with E-state index in [9.17, 15) is 9.90 Å². The summed E-state index contributed by atoms with van der Waals surface area (Å²) >= 11 is 1.99. The molecular formula is C13H15IO2. The van der Waals surface area contributed by atoms with E-state index in [1.807, 2.05) is 52.9 Å². The minimum atomic E-state index is -0.658. The lowest BCUT2D eigenvalue weighted by atomic mass is 10.0. The van der Waals surface area contributed by atoms with Gasteiger partial charge in [-0.15, -0.1) is 0 Å². The van der Waals surface area contributed by atoms with Crippen molar-refractivity contribution in [3.05, 3.63) is 45.6 Å². The van der Waals surface area contributed by atoms with E-state index in [1.165, 1.54) is 12.5 Å². The van der Waals surface area contributed by atoms with Gasteiger partial charge in [-0.2, -0.15) is 0 Å². The van der Waals surface area contributed by atoms with Gasteiger partial charge in [0.1, 0.15) is 0 Å². The minimum Gasteiger partial charge on any atom is -0.388 e. The van der Waals surface area contributed by atoms with Gasteiger partial charge in [-0.1, -0.05) is 52.9 Å². The topological polar surface area (TPSA) is 37.3 Å². The summed E-state index contributed by atoms with van der Waals surface area (Å²) in [7, 11) is 0. The molecule has 0 saturated heterocycles. The lowest BCUT2D eigenvalue weighted by molar-refractivity contribution is -0.114. The molecule has 0 radical (unpaired) electrons. The van der Waals surface area contributed by atoms with Crippen LogP contribution in [0, 0.1) is 0 Å². The molecule has 1 aromatic rings. The summed E-state index contributed by atoms with van der Waals surface area (Å²) in [5.74, 6) is -0.0602. The number of Topliss-reactive ketones (excluding diaryl/α,β-unsaturated/α-hetero) is 1. The van der Waals surface area contributed by atoms with E-state index >= 15 is 0 Å². The van der Waals surface area contributed by atoms with Crippen LogP contribution >= 0.6 is 22.6 Å². The number of aliphatic hydroxyl groups is 1. The lowest BCUT2D eigenvalue weighted by Gasteiger charge is -2.11.